The van der Waals surface area contributed by atoms with E-state index in [1.165, 1.54) is 31.5 Å². The quantitative estimate of drug-likeness (QED) is 0.858. The molecule has 0 radical (unpaired) electrons. The Labute approximate surface area is 104 Å². The third-order valence-electron chi connectivity index (χ3n) is 3.86. The first-order valence-electron chi connectivity index (χ1n) is 6.60. The van der Waals surface area contributed by atoms with Crippen LogP contribution in [0, 0.1) is 0 Å². The highest BCUT2D eigenvalue weighted by Gasteiger charge is 2.23. The van der Waals surface area contributed by atoms with Crippen LogP contribution in [0.3, 0.4) is 0 Å². The summed E-state index contributed by atoms with van der Waals surface area (Å²) in [5.74, 6) is 0. The van der Waals surface area contributed by atoms with Crippen molar-refractivity contribution in [2.45, 2.75) is 38.3 Å². The third kappa shape index (κ3) is 3.51. The van der Waals surface area contributed by atoms with E-state index in [2.05, 4.69) is 41.3 Å². The van der Waals surface area contributed by atoms with E-state index in [0.717, 1.165) is 6.42 Å². The minimum atomic E-state index is 0.697. The monoisotopic (exact) mass is 233 g/mol. The van der Waals surface area contributed by atoms with Gasteiger partial charge in [-0.25, -0.2) is 0 Å². The molecule has 2 unspecified atom stereocenters. The zero-order valence-corrected chi connectivity index (χ0v) is 10.9. The standard InChI is InChI=1S/C14H23N3/c1-12-11-14(15-2)6-10-17(12)9-5-13-3-7-16-8-4-13/h3-4,7-8,12,14-15H,5-6,9-11H2,1-2H3. The Morgan fingerprint density at radius 2 is 2.18 bits per heavy atom. The van der Waals surface area contributed by atoms with Gasteiger partial charge < -0.3 is 10.2 Å². The van der Waals surface area contributed by atoms with Gasteiger partial charge in [-0.2, -0.15) is 0 Å². The fourth-order valence-corrected chi connectivity index (χ4v) is 2.64. The first-order chi connectivity index (χ1) is 8.29. The molecule has 17 heavy (non-hydrogen) atoms. The zero-order valence-electron chi connectivity index (χ0n) is 10.9. The molecule has 2 atom stereocenters. The van der Waals surface area contributed by atoms with E-state index in [0.29, 0.717) is 12.1 Å². The van der Waals surface area contributed by atoms with Gasteiger partial charge in [-0.05, 0) is 57.5 Å². The summed E-state index contributed by atoms with van der Waals surface area (Å²) in [6, 6.07) is 5.64. The molecule has 0 saturated carbocycles. The van der Waals surface area contributed by atoms with Gasteiger partial charge in [-0.1, -0.05) is 0 Å². The van der Waals surface area contributed by atoms with Crippen LogP contribution in [0.5, 0.6) is 0 Å². The van der Waals surface area contributed by atoms with Crippen molar-refractivity contribution in [3.8, 4) is 0 Å². The number of aromatic nitrogens is 1. The molecule has 2 rings (SSSR count). The molecule has 3 nitrogen and oxygen atoms in total. The lowest BCUT2D eigenvalue weighted by Crippen LogP contribution is -2.47. The van der Waals surface area contributed by atoms with Crippen molar-refractivity contribution in [1.29, 1.82) is 0 Å². The highest BCUT2D eigenvalue weighted by molar-refractivity contribution is 5.10. The Kier molecular flexibility index (Phi) is 4.51. The molecule has 1 aromatic rings. The number of hydrogen-bond donors (Lipinski definition) is 1. The predicted molar refractivity (Wildman–Crippen MR) is 71.1 cm³/mol. The Morgan fingerprint density at radius 3 is 2.82 bits per heavy atom. The summed E-state index contributed by atoms with van der Waals surface area (Å²) in [5.41, 5.74) is 1.39. The van der Waals surface area contributed by atoms with Crippen molar-refractivity contribution >= 4 is 0 Å². The van der Waals surface area contributed by atoms with E-state index in [9.17, 15) is 0 Å². The summed E-state index contributed by atoms with van der Waals surface area (Å²) in [6.45, 7) is 4.73. The van der Waals surface area contributed by atoms with Crippen LogP contribution in [0.1, 0.15) is 25.3 Å². The van der Waals surface area contributed by atoms with Gasteiger partial charge in [0.2, 0.25) is 0 Å². The maximum Gasteiger partial charge on any atom is 0.0270 e. The van der Waals surface area contributed by atoms with Gasteiger partial charge in [0.1, 0.15) is 0 Å². The van der Waals surface area contributed by atoms with Crippen molar-refractivity contribution in [1.82, 2.24) is 15.2 Å². The van der Waals surface area contributed by atoms with Crippen LogP contribution in [-0.2, 0) is 6.42 Å². The topological polar surface area (TPSA) is 28.2 Å². The maximum atomic E-state index is 4.05. The fraction of sp³-hybridized carbons (Fsp3) is 0.643. The van der Waals surface area contributed by atoms with Crippen molar-refractivity contribution in [2.24, 2.45) is 0 Å². The zero-order chi connectivity index (χ0) is 12.1. The Bertz CT molecular complexity index is 325. The number of nitrogens with zero attached hydrogens (tertiary/aromatic N) is 2. The number of likely N-dealkylation sites (tertiary alicyclic amines) is 1. The molecule has 2 heterocycles. The van der Waals surface area contributed by atoms with Crippen LogP contribution in [0.2, 0.25) is 0 Å². The average molecular weight is 233 g/mol. The Hall–Kier alpha value is -0.930. The van der Waals surface area contributed by atoms with Crippen LogP contribution in [-0.4, -0.2) is 42.1 Å². The van der Waals surface area contributed by atoms with Crippen LogP contribution in [0.4, 0.5) is 0 Å². The van der Waals surface area contributed by atoms with Gasteiger partial charge in [0.05, 0.1) is 0 Å². The summed E-state index contributed by atoms with van der Waals surface area (Å²) < 4.78 is 0. The summed E-state index contributed by atoms with van der Waals surface area (Å²) in [7, 11) is 2.07. The van der Waals surface area contributed by atoms with Gasteiger partial charge in [-0.3, -0.25) is 4.98 Å². The Morgan fingerprint density at radius 1 is 1.41 bits per heavy atom. The number of hydrogen-bond acceptors (Lipinski definition) is 3. The average Bonchev–Trinajstić information content (AvgIpc) is 2.38. The second-order valence-electron chi connectivity index (χ2n) is 5.00. The third-order valence-corrected chi connectivity index (χ3v) is 3.86. The number of piperidine rings is 1. The molecule has 0 bridgehead atoms. The number of rotatable bonds is 4. The van der Waals surface area contributed by atoms with Crippen molar-refractivity contribution in [3.05, 3.63) is 30.1 Å². The molecular formula is C14H23N3. The highest BCUT2D eigenvalue weighted by atomic mass is 15.2. The van der Waals surface area contributed by atoms with E-state index in [4.69, 9.17) is 0 Å². The normalized spacial score (nSPS) is 26.0. The molecule has 3 heteroatoms. The molecule has 0 aliphatic carbocycles. The van der Waals surface area contributed by atoms with Crippen molar-refractivity contribution < 1.29 is 0 Å². The van der Waals surface area contributed by atoms with E-state index < -0.39 is 0 Å². The van der Waals surface area contributed by atoms with Crippen LogP contribution < -0.4 is 5.32 Å². The summed E-state index contributed by atoms with van der Waals surface area (Å²) in [6.07, 6.45) is 7.44. The van der Waals surface area contributed by atoms with Gasteiger partial charge >= 0.3 is 0 Å². The van der Waals surface area contributed by atoms with Crippen LogP contribution >= 0.6 is 0 Å². The van der Waals surface area contributed by atoms with E-state index >= 15 is 0 Å². The molecule has 1 fully saturated rings. The first-order valence-corrected chi connectivity index (χ1v) is 6.60. The molecule has 1 aromatic heterocycles. The molecule has 94 valence electrons. The lowest BCUT2D eigenvalue weighted by molar-refractivity contribution is 0.140. The second-order valence-corrected chi connectivity index (χ2v) is 5.00. The SMILES string of the molecule is CNC1CCN(CCc2ccncc2)C(C)C1. The summed E-state index contributed by atoms with van der Waals surface area (Å²) in [5, 5.41) is 3.39. The minimum Gasteiger partial charge on any atom is -0.317 e. The molecule has 1 aliphatic rings. The van der Waals surface area contributed by atoms with E-state index in [-0.39, 0.29) is 0 Å². The van der Waals surface area contributed by atoms with Crippen LogP contribution in [0.15, 0.2) is 24.5 Å². The van der Waals surface area contributed by atoms with E-state index in [1.807, 2.05) is 12.4 Å². The Balaban J connectivity index is 1.80. The number of pyridine rings is 1. The molecule has 1 saturated heterocycles. The first kappa shape index (κ1) is 12.5. The van der Waals surface area contributed by atoms with Crippen LogP contribution in [0.25, 0.3) is 0 Å². The molecule has 0 spiro atoms. The smallest absolute Gasteiger partial charge is 0.0270 e. The number of nitrogens with one attached hydrogen (secondary N) is 1. The maximum absolute atomic E-state index is 4.05. The minimum absolute atomic E-state index is 0.697. The summed E-state index contributed by atoms with van der Waals surface area (Å²) in [4.78, 5) is 6.66. The largest absolute Gasteiger partial charge is 0.317 e. The van der Waals surface area contributed by atoms with Crippen molar-refractivity contribution in [2.75, 3.05) is 20.1 Å². The molecule has 1 N–H and O–H groups in total. The molecule has 0 amide bonds. The fourth-order valence-electron chi connectivity index (χ4n) is 2.64. The van der Waals surface area contributed by atoms with E-state index in [1.54, 1.807) is 0 Å². The van der Waals surface area contributed by atoms with Gasteiger partial charge in [0, 0.05) is 31.0 Å². The second kappa shape index (κ2) is 6.12. The van der Waals surface area contributed by atoms with Crippen molar-refractivity contribution in [3.63, 3.8) is 0 Å². The summed E-state index contributed by atoms with van der Waals surface area (Å²) >= 11 is 0. The molecule has 1 aliphatic heterocycles. The molecule has 0 aromatic carbocycles. The van der Waals surface area contributed by atoms with Gasteiger partial charge in [0.25, 0.3) is 0 Å². The lowest BCUT2D eigenvalue weighted by Gasteiger charge is -2.37. The predicted octanol–water partition coefficient (Wildman–Crippen LogP) is 1.70. The highest BCUT2D eigenvalue weighted by Crippen LogP contribution is 2.17. The molecular weight excluding hydrogens is 210 g/mol. The lowest BCUT2D eigenvalue weighted by atomic mass is 9.98. The van der Waals surface area contributed by atoms with Gasteiger partial charge in [0.15, 0.2) is 0 Å². The van der Waals surface area contributed by atoms with Gasteiger partial charge in [-0.15, -0.1) is 0 Å².